The number of alkyl halides is 1. The molecule has 0 saturated heterocycles. The number of hydrogen-bond acceptors (Lipinski definition) is 5. The highest BCUT2D eigenvalue weighted by molar-refractivity contribution is 9.09. The Morgan fingerprint density at radius 2 is 2.40 bits per heavy atom. The largest absolute Gasteiger partial charge is 0.443 e. The number of aromatic nitrogens is 4. The van der Waals surface area contributed by atoms with Crippen molar-refractivity contribution in [1.29, 1.82) is 0 Å². The minimum atomic E-state index is 0.246. The lowest BCUT2D eigenvalue weighted by atomic mass is 10.3. The second-order valence-electron chi connectivity index (χ2n) is 4.34. The molecule has 3 heterocycles. The first-order chi connectivity index (χ1) is 9.76. The summed E-state index contributed by atoms with van der Waals surface area (Å²) in [6.07, 6.45) is 4.58. The van der Waals surface area contributed by atoms with Crippen molar-refractivity contribution < 1.29 is 4.42 Å². The van der Waals surface area contributed by atoms with Crippen LogP contribution in [0.25, 0.3) is 10.8 Å². The van der Waals surface area contributed by atoms with Gasteiger partial charge >= 0.3 is 0 Å². The molecule has 5 nitrogen and oxygen atoms in total. The predicted octanol–water partition coefficient (Wildman–Crippen LogP) is 3.89. The van der Waals surface area contributed by atoms with Gasteiger partial charge in [0.15, 0.2) is 0 Å². The molecule has 0 aliphatic rings. The van der Waals surface area contributed by atoms with E-state index >= 15 is 0 Å². The second kappa shape index (κ2) is 5.88. The van der Waals surface area contributed by atoms with E-state index in [0.29, 0.717) is 12.4 Å². The van der Waals surface area contributed by atoms with Crippen LogP contribution < -0.4 is 0 Å². The minimum absolute atomic E-state index is 0.246. The fourth-order valence-electron chi connectivity index (χ4n) is 1.80. The van der Waals surface area contributed by atoms with Crippen LogP contribution in [0.15, 0.2) is 34.4 Å². The van der Waals surface area contributed by atoms with Crippen LogP contribution in [0.5, 0.6) is 0 Å². The highest BCUT2D eigenvalue weighted by Crippen LogP contribution is 2.25. The van der Waals surface area contributed by atoms with Crippen LogP contribution in [0.2, 0.25) is 0 Å². The van der Waals surface area contributed by atoms with Gasteiger partial charge in [0.1, 0.15) is 12.0 Å². The molecule has 7 heteroatoms. The number of oxazole rings is 1. The smallest absolute Gasteiger partial charge is 0.236 e. The Morgan fingerprint density at radius 1 is 1.50 bits per heavy atom. The van der Waals surface area contributed by atoms with Crippen LogP contribution in [0, 0.1) is 0 Å². The highest BCUT2D eigenvalue weighted by Gasteiger charge is 2.12. The Morgan fingerprint density at radius 3 is 3.15 bits per heavy atom. The Balaban J connectivity index is 1.73. The zero-order valence-corrected chi connectivity index (χ0v) is 13.3. The van der Waals surface area contributed by atoms with E-state index in [4.69, 9.17) is 4.42 Å². The zero-order chi connectivity index (χ0) is 13.9. The molecule has 0 spiro atoms. The highest BCUT2D eigenvalue weighted by atomic mass is 79.9. The van der Waals surface area contributed by atoms with E-state index in [0.717, 1.165) is 22.7 Å². The van der Waals surface area contributed by atoms with Crippen molar-refractivity contribution in [2.75, 3.05) is 0 Å². The standard InChI is InChI=1S/C13H13BrN4OS/c1-2-10(14)11-7-18(17-16-11)6-9-8-19-13(15-9)12-4-3-5-20-12/h3-5,7-8,10H,2,6H2,1H3. The van der Waals surface area contributed by atoms with E-state index in [-0.39, 0.29) is 4.83 Å². The van der Waals surface area contributed by atoms with Gasteiger partial charge in [-0.25, -0.2) is 9.67 Å². The number of hydrogen-bond donors (Lipinski definition) is 0. The average molecular weight is 353 g/mol. The molecular formula is C13H13BrN4OS. The molecule has 1 atom stereocenters. The Kier molecular flexibility index (Phi) is 3.98. The normalized spacial score (nSPS) is 12.7. The van der Waals surface area contributed by atoms with Gasteiger partial charge < -0.3 is 4.42 Å². The number of thiophene rings is 1. The summed E-state index contributed by atoms with van der Waals surface area (Å²) in [6.45, 7) is 2.66. The minimum Gasteiger partial charge on any atom is -0.443 e. The van der Waals surface area contributed by atoms with E-state index in [1.807, 2.05) is 23.7 Å². The molecule has 0 aliphatic carbocycles. The van der Waals surface area contributed by atoms with Gasteiger partial charge in [0, 0.05) is 0 Å². The number of rotatable bonds is 5. The fraction of sp³-hybridized carbons (Fsp3) is 0.308. The molecular weight excluding hydrogens is 340 g/mol. The van der Waals surface area contributed by atoms with Crippen LogP contribution in [0.4, 0.5) is 0 Å². The van der Waals surface area contributed by atoms with Crippen molar-refractivity contribution in [1.82, 2.24) is 20.0 Å². The molecule has 0 fully saturated rings. The third-order valence-corrected chi connectivity index (χ3v) is 4.82. The first kappa shape index (κ1) is 13.5. The molecule has 20 heavy (non-hydrogen) atoms. The molecule has 3 aromatic rings. The fourth-order valence-corrected chi connectivity index (χ4v) is 2.67. The van der Waals surface area contributed by atoms with Crippen LogP contribution in [-0.2, 0) is 6.54 Å². The lowest BCUT2D eigenvalue weighted by Crippen LogP contribution is -2.00. The van der Waals surface area contributed by atoms with Crippen LogP contribution in [0.3, 0.4) is 0 Å². The lowest BCUT2D eigenvalue weighted by molar-refractivity contribution is 0.569. The molecule has 104 valence electrons. The van der Waals surface area contributed by atoms with Gasteiger partial charge in [0.25, 0.3) is 0 Å². The van der Waals surface area contributed by atoms with Crippen LogP contribution >= 0.6 is 27.3 Å². The Bertz CT molecular complexity index is 676. The molecule has 0 amide bonds. The van der Waals surface area contributed by atoms with Crippen molar-refractivity contribution in [2.24, 2.45) is 0 Å². The first-order valence-corrected chi connectivity index (χ1v) is 8.08. The summed E-state index contributed by atoms with van der Waals surface area (Å²) in [7, 11) is 0. The summed E-state index contributed by atoms with van der Waals surface area (Å²) in [6, 6.07) is 3.97. The van der Waals surface area contributed by atoms with Gasteiger partial charge in [-0.05, 0) is 17.9 Å². The average Bonchev–Trinajstić information content (AvgIpc) is 3.19. The van der Waals surface area contributed by atoms with Gasteiger partial charge in [0.05, 0.1) is 28.1 Å². The quantitative estimate of drug-likeness (QED) is 0.653. The van der Waals surface area contributed by atoms with E-state index in [9.17, 15) is 0 Å². The van der Waals surface area contributed by atoms with E-state index in [1.54, 1.807) is 22.3 Å². The third-order valence-electron chi connectivity index (χ3n) is 2.84. The first-order valence-electron chi connectivity index (χ1n) is 6.28. The van der Waals surface area contributed by atoms with Crippen molar-refractivity contribution >= 4 is 27.3 Å². The maximum atomic E-state index is 5.49. The Labute approximate surface area is 128 Å². The molecule has 0 saturated carbocycles. The van der Waals surface area contributed by atoms with E-state index in [2.05, 4.69) is 38.1 Å². The van der Waals surface area contributed by atoms with Crippen molar-refractivity contribution in [3.63, 3.8) is 0 Å². The summed E-state index contributed by atoms with van der Waals surface area (Å²) in [5.41, 5.74) is 1.78. The number of nitrogens with zero attached hydrogens (tertiary/aromatic N) is 4. The molecule has 0 aliphatic heterocycles. The lowest BCUT2D eigenvalue weighted by Gasteiger charge is -1.99. The molecule has 3 aromatic heterocycles. The summed E-state index contributed by atoms with van der Waals surface area (Å²) >= 11 is 5.17. The van der Waals surface area contributed by atoms with Gasteiger partial charge in [-0.1, -0.05) is 34.1 Å². The van der Waals surface area contributed by atoms with Gasteiger partial charge in [-0.15, -0.1) is 16.4 Å². The summed E-state index contributed by atoms with van der Waals surface area (Å²) < 4.78 is 7.26. The summed E-state index contributed by atoms with van der Waals surface area (Å²) in [5.74, 6) is 0.655. The number of halogens is 1. The van der Waals surface area contributed by atoms with Crippen LogP contribution in [-0.4, -0.2) is 20.0 Å². The van der Waals surface area contributed by atoms with Gasteiger partial charge in [-0.2, -0.15) is 0 Å². The molecule has 3 rings (SSSR count). The van der Waals surface area contributed by atoms with Gasteiger partial charge in [0.2, 0.25) is 5.89 Å². The van der Waals surface area contributed by atoms with Crippen molar-refractivity contribution in [2.45, 2.75) is 24.7 Å². The Hall–Kier alpha value is -1.47. The monoisotopic (exact) mass is 352 g/mol. The second-order valence-corrected chi connectivity index (χ2v) is 6.39. The third kappa shape index (κ3) is 2.83. The predicted molar refractivity (Wildman–Crippen MR) is 80.9 cm³/mol. The SMILES string of the molecule is CCC(Br)c1cn(Cc2coc(-c3cccs3)n2)nn1. The molecule has 0 aromatic carbocycles. The topological polar surface area (TPSA) is 56.7 Å². The zero-order valence-electron chi connectivity index (χ0n) is 10.9. The van der Waals surface area contributed by atoms with Gasteiger partial charge in [-0.3, -0.25) is 0 Å². The van der Waals surface area contributed by atoms with Crippen molar-refractivity contribution in [3.05, 3.63) is 41.4 Å². The maximum absolute atomic E-state index is 5.49. The van der Waals surface area contributed by atoms with Crippen molar-refractivity contribution in [3.8, 4) is 10.8 Å². The summed E-state index contributed by atoms with van der Waals surface area (Å²) in [5, 5.41) is 10.3. The molecule has 0 bridgehead atoms. The van der Waals surface area contributed by atoms with E-state index < -0.39 is 0 Å². The molecule has 0 radical (unpaired) electrons. The van der Waals surface area contributed by atoms with E-state index in [1.165, 1.54) is 0 Å². The molecule has 1 unspecified atom stereocenters. The molecule has 0 N–H and O–H groups in total. The summed E-state index contributed by atoms with van der Waals surface area (Å²) in [4.78, 5) is 5.74. The maximum Gasteiger partial charge on any atom is 0.236 e. The van der Waals surface area contributed by atoms with Crippen LogP contribution in [0.1, 0.15) is 29.6 Å².